The van der Waals surface area contributed by atoms with E-state index >= 15 is 0 Å². The minimum atomic E-state index is -3.05. The third kappa shape index (κ3) is 3.28. The number of hydrogen-bond donors (Lipinski definition) is 1. The van der Waals surface area contributed by atoms with Crippen LogP contribution >= 0.6 is 15.9 Å². The molecule has 2 atom stereocenters. The van der Waals surface area contributed by atoms with E-state index in [-0.39, 0.29) is 11.3 Å². The van der Waals surface area contributed by atoms with Crippen molar-refractivity contribution in [1.82, 2.24) is 0 Å². The van der Waals surface area contributed by atoms with Gasteiger partial charge in [0, 0.05) is 16.8 Å². The molecule has 1 aliphatic carbocycles. The first-order chi connectivity index (χ1) is 8.91. The van der Waals surface area contributed by atoms with Crippen molar-refractivity contribution in [2.45, 2.75) is 30.6 Å². The molecule has 6 heteroatoms. The number of sulfone groups is 1. The molecule has 1 fully saturated rings. The molecule has 102 valence electrons. The number of nitriles is 1. The summed E-state index contributed by atoms with van der Waals surface area (Å²) >= 11 is 3.32. The summed E-state index contributed by atoms with van der Waals surface area (Å²) in [7, 11) is -3.05. The molecule has 0 amide bonds. The molecule has 0 spiro atoms. The summed E-state index contributed by atoms with van der Waals surface area (Å²) in [5.41, 5.74) is 1.22. The third-order valence-corrected chi connectivity index (χ3v) is 5.60. The molecule has 2 unspecified atom stereocenters. The summed E-state index contributed by atoms with van der Waals surface area (Å²) in [6, 6.07) is 7.39. The van der Waals surface area contributed by atoms with Crippen LogP contribution in [0.3, 0.4) is 0 Å². The lowest BCUT2D eigenvalue weighted by Gasteiger charge is -2.21. The van der Waals surface area contributed by atoms with E-state index in [4.69, 9.17) is 5.26 Å². The highest BCUT2D eigenvalue weighted by Crippen LogP contribution is 2.29. The minimum Gasteiger partial charge on any atom is -0.380 e. The summed E-state index contributed by atoms with van der Waals surface area (Å²) in [6.45, 7) is 0. The van der Waals surface area contributed by atoms with Crippen molar-refractivity contribution in [3.05, 3.63) is 28.2 Å². The lowest BCUT2D eigenvalue weighted by molar-refractivity contribution is 0.579. The maximum Gasteiger partial charge on any atom is 0.152 e. The predicted octanol–water partition coefficient (Wildman–Crippen LogP) is 2.70. The molecule has 19 heavy (non-hydrogen) atoms. The van der Waals surface area contributed by atoms with Crippen LogP contribution in [0.5, 0.6) is 0 Å². The van der Waals surface area contributed by atoms with Crippen LogP contribution in [0.4, 0.5) is 5.69 Å². The number of nitrogens with zero attached hydrogens (tertiary/aromatic N) is 1. The van der Waals surface area contributed by atoms with Gasteiger partial charge >= 0.3 is 0 Å². The maximum absolute atomic E-state index is 11.7. The van der Waals surface area contributed by atoms with Crippen molar-refractivity contribution in [3.63, 3.8) is 0 Å². The van der Waals surface area contributed by atoms with E-state index in [1.807, 2.05) is 6.07 Å². The molecule has 0 aromatic heterocycles. The second-order valence-electron chi connectivity index (χ2n) is 4.85. The average molecular weight is 343 g/mol. The smallest absolute Gasteiger partial charge is 0.152 e. The zero-order valence-electron chi connectivity index (χ0n) is 10.6. The van der Waals surface area contributed by atoms with Crippen LogP contribution in [-0.4, -0.2) is 26.0 Å². The summed E-state index contributed by atoms with van der Waals surface area (Å²) < 4.78 is 24.3. The summed E-state index contributed by atoms with van der Waals surface area (Å²) in [4.78, 5) is 0. The summed E-state index contributed by atoms with van der Waals surface area (Å²) in [5.74, 6) is 0. The molecule has 1 aliphatic rings. The first kappa shape index (κ1) is 14.4. The Kier molecular flexibility index (Phi) is 4.16. The van der Waals surface area contributed by atoms with Crippen molar-refractivity contribution in [2.75, 3.05) is 11.6 Å². The van der Waals surface area contributed by atoms with Crippen LogP contribution in [0.1, 0.15) is 24.8 Å². The largest absolute Gasteiger partial charge is 0.380 e. The lowest BCUT2D eigenvalue weighted by Crippen LogP contribution is -2.34. The fourth-order valence-corrected chi connectivity index (χ4v) is 4.29. The minimum absolute atomic E-state index is 0.108. The van der Waals surface area contributed by atoms with Crippen LogP contribution in [0.2, 0.25) is 0 Å². The zero-order chi connectivity index (χ0) is 14.0. The van der Waals surface area contributed by atoms with Gasteiger partial charge in [-0.3, -0.25) is 0 Å². The van der Waals surface area contributed by atoms with Crippen LogP contribution in [0, 0.1) is 11.3 Å². The Balaban J connectivity index is 2.24. The van der Waals surface area contributed by atoms with Gasteiger partial charge in [0.15, 0.2) is 9.84 Å². The van der Waals surface area contributed by atoms with Crippen molar-refractivity contribution in [2.24, 2.45) is 0 Å². The second kappa shape index (κ2) is 5.51. The second-order valence-corrected chi connectivity index (χ2v) is 8.03. The van der Waals surface area contributed by atoms with Crippen molar-refractivity contribution < 1.29 is 8.42 Å². The van der Waals surface area contributed by atoms with Gasteiger partial charge in [-0.2, -0.15) is 5.26 Å². The Morgan fingerprint density at radius 1 is 1.42 bits per heavy atom. The Hall–Kier alpha value is -1.06. The molecule has 0 bridgehead atoms. The summed E-state index contributed by atoms with van der Waals surface area (Å²) in [5, 5.41) is 12.0. The average Bonchev–Trinajstić information content (AvgIpc) is 2.79. The quantitative estimate of drug-likeness (QED) is 0.916. The molecule has 1 saturated carbocycles. The number of halogens is 1. The van der Waals surface area contributed by atoms with E-state index in [1.165, 1.54) is 6.26 Å². The Labute approximate surface area is 121 Å². The molecule has 1 aromatic rings. The van der Waals surface area contributed by atoms with E-state index < -0.39 is 9.84 Å². The number of nitrogens with one attached hydrogen (secondary N) is 1. The highest BCUT2D eigenvalue weighted by Gasteiger charge is 2.34. The van der Waals surface area contributed by atoms with Crippen LogP contribution in [-0.2, 0) is 9.84 Å². The molecule has 2 rings (SSSR count). The van der Waals surface area contributed by atoms with Crippen molar-refractivity contribution in [3.8, 4) is 6.07 Å². The molecule has 1 aromatic carbocycles. The molecular formula is C13H15BrN2O2S. The number of benzene rings is 1. The molecule has 0 radical (unpaired) electrons. The highest BCUT2D eigenvalue weighted by molar-refractivity contribution is 9.10. The third-order valence-electron chi connectivity index (χ3n) is 3.45. The van der Waals surface area contributed by atoms with E-state index in [2.05, 4.69) is 27.3 Å². The maximum atomic E-state index is 11.7. The fraction of sp³-hybridized carbons (Fsp3) is 0.462. The first-order valence-electron chi connectivity index (χ1n) is 6.07. The molecule has 4 nitrogen and oxygen atoms in total. The van der Waals surface area contributed by atoms with Gasteiger partial charge in [-0.15, -0.1) is 0 Å². The molecule has 0 aliphatic heterocycles. The van der Waals surface area contributed by atoms with Gasteiger partial charge in [-0.25, -0.2) is 8.42 Å². The Morgan fingerprint density at radius 2 is 2.16 bits per heavy atom. The Morgan fingerprint density at radius 3 is 2.79 bits per heavy atom. The SMILES string of the molecule is CS(=O)(=O)C1CCCC1Nc1ccc(Br)cc1C#N. The number of hydrogen-bond acceptors (Lipinski definition) is 4. The fourth-order valence-electron chi connectivity index (χ4n) is 2.54. The van der Waals surface area contributed by atoms with Crippen LogP contribution in [0.15, 0.2) is 22.7 Å². The molecular weight excluding hydrogens is 328 g/mol. The lowest BCUT2D eigenvalue weighted by atomic mass is 10.1. The number of anilines is 1. The zero-order valence-corrected chi connectivity index (χ0v) is 13.0. The predicted molar refractivity (Wildman–Crippen MR) is 78.8 cm³/mol. The van der Waals surface area contributed by atoms with Crippen LogP contribution in [0.25, 0.3) is 0 Å². The van der Waals surface area contributed by atoms with Gasteiger partial charge in [-0.1, -0.05) is 15.9 Å². The summed E-state index contributed by atoms with van der Waals surface area (Å²) in [6.07, 6.45) is 3.69. The molecule has 0 saturated heterocycles. The topological polar surface area (TPSA) is 70.0 Å². The van der Waals surface area contributed by atoms with Gasteiger partial charge < -0.3 is 5.32 Å². The van der Waals surface area contributed by atoms with E-state index in [1.54, 1.807) is 12.1 Å². The van der Waals surface area contributed by atoms with Crippen LogP contribution < -0.4 is 5.32 Å². The molecule has 0 heterocycles. The number of rotatable bonds is 3. The first-order valence-corrected chi connectivity index (χ1v) is 8.81. The van der Waals surface area contributed by atoms with Gasteiger partial charge in [0.1, 0.15) is 6.07 Å². The monoisotopic (exact) mass is 342 g/mol. The van der Waals surface area contributed by atoms with E-state index in [0.29, 0.717) is 17.7 Å². The van der Waals surface area contributed by atoms with Gasteiger partial charge in [-0.05, 0) is 37.5 Å². The standard InChI is InChI=1S/C13H15BrN2O2S/c1-19(17,18)13-4-2-3-12(13)16-11-6-5-10(14)7-9(11)8-15/h5-7,12-13,16H,2-4H2,1H3. The van der Waals surface area contributed by atoms with Gasteiger partial charge in [0.25, 0.3) is 0 Å². The van der Waals surface area contributed by atoms with Gasteiger partial charge in [0.2, 0.25) is 0 Å². The normalized spacial score (nSPS) is 23.0. The van der Waals surface area contributed by atoms with Crippen molar-refractivity contribution >= 4 is 31.5 Å². The van der Waals surface area contributed by atoms with Crippen molar-refractivity contribution in [1.29, 1.82) is 5.26 Å². The van der Waals surface area contributed by atoms with E-state index in [9.17, 15) is 8.42 Å². The molecule has 1 N–H and O–H groups in total. The highest BCUT2D eigenvalue weighted by atomic mass is 79.9. The Bertz CT molecular complexity index is 622. The van der Waals surface area contributed by atoms with Gasteiger partial charge in [0.05, 0.1) is 16.5 Å². The van der Waals surface area contributed by atoms with E-state index in [0.717, 1.165) is 17.3 Å².